The smallest absolute Gasteiger partial charge is 0.320 e. The predicted octanol–water partition coefficient (Wildman–Crippen LogP) is 2.50. The van der Waals surface area contributed by atoms with Crippen molar-refractivity contribution in [1.82, 2.24) is 5.32 Å². The number of carbonyl (C=O) groups is 1. The lowest BCUT2D eigenvalue weighted by Crippen LogP contribution is -2.46. The molecule has 0 heterocycles. The first kappa shape index (κ1) is 14.4. The van der Waals surface area contributed by atoms with E-state index in [0.29, 0.717) is 6.54 Å². The van der Waals surface area contributed by atoms with Gasteiger partial charge >= 0.3 is 5.97 Å². The average molecular weight is 215 g/mol. The van der Waals surface area contributed by atoms with Gasteiger partial charge in [0.2, 0.25) is 0 Å². The molecule has 0 amide bonds. The highest BCUT2D eigenvalue weighted by Gasteiger charge is 2.24. The van der Waals surface area contributed by atoms with Crippen molar-refractivity contribution >= 4 is 5.97 Å². The zero-order chi connectivity index (χ0) is 11.9. The van der Waals surface area contributed by atoms with Gasteiger partial charge in [-0.2, -0.15) is 0 Å². The summed E-state index contributed by atoms with van der Waals surface area (Å²) in [5.41, 5.74) is 0.0933. The quantitative estimate of drug-likeness (QED) is 0.663. The molecule has 1 N–H and O–H groups in total. The lowest BCUT2D eigenvalue weighted by Gasteiger charge is -2.31. The van der Waals surface area contributed by atoms with Crippen LogP contribution < -0.4 is 5.32 Å². The molecule has 0 aliphatic carbocycles. The lowest BCUT2D eigenvalue weighted by molar-refractivity contribution is -0.146. The Morgan fingerprint density at radius 1 is 1.20 bits per heavy atom. The Morgan fingerprint density at radius 3 is 2.00 bits per heavy atom. The Balaban J connectivity index is 4.05. The summed E-state index contributed by atoms with van der Waals surface area (Å²) in [6.07, 6.45) is 3.08. The lowest BCUT2D eigenvalue weighted by atomic mass is 9.90. The number of carbonyl (C=O) groups excluding carboxylic acids is 1. The van der Waals surface area contributed by atoms with Crippen LogP contribution in [0.2, 0.25) is 0 Å². The van der Waals surface area contributed by atoms with Gasteiger partial charge in [-0.1, -0.05) is 20.8 Å². The second-order valence-corrected chi connectivity index (χ2v) is 4.23. The largest absolute Gasteiger partial charge is 0.462 e. The van der Waals surface area contributed by atoms with Gasteiger partial charge in [0, 0.05) is 5.54 Å². The Labute approximate surface area is 93.6 Å². The van der Waals surface area contributed by atoms with Crippen molar-refractivity contribution in [1.29, 1.82) is 0 Å². The third-order valence-corrected chi connectivity index (χ3v) is 3.01. The summed E-state index contributed by atoms with van der Waals surface area (Å²) in [6, 6.07) is 0. The van der Waals surface area contributed by atoms with Crippen LogP contribution in [0.5, 0.6) is 0 Å². The Morgan fingerprint density at radius 2 is 1.67 bits per heavy atom. The first-order valence-corrected chi connectivity index (χ1v) is 5.94. The van der Waals surface area contributed by atoms with Gasteiger partial charge in [0.1, 0.15) is 0 Å². The minimum atomic E-state index is -0.162. The van der Waals surface area contributed by atoms with Gasteiger partial charge < -0.3 is 10.1 Å². The molecular formula is C12H25NO2. The van der Waals surface area contributed by atoms with Crippen LogP contribution in [0.15, 0.2) is 0 Å². The Hall–Kier alpha value is -0.570. The van der Waals surface area contributed by atoms with Gasteiger partial charge in [-0.15, -0.1) is 0 Å². The third-order valence-electron chi connectivity index (χ3n) is 3.01. The molecule has 0 saturated heterocycles. The molecule has 0 fully saturated rings. The fourth-order valence-corrected chi connectivity index (χ4v) is 1.69. The highest BCUT2D eigenvalue weighted by atomic mass is 16.5. The van der Waals surface area contributed by atoms with Crippen molar-refractivity contribution in [3.05, 3.63) is 0 Å². The number of hydrogen-bond acceptors (Lipinski definition) is 3. The van der Waals surface area contributed by atoms with Crippen LogP contribution in [0.3, 0.4) is 0 Å². The van der Waals surface area contributed by atoms with Crippen LogP contribution in [0, 0.1) is 0 Å². The van der Waals surface area contributed by atoms with Crippen molar-refractivity contribution < 1.29 is 9.53 Å². The number of nitrogens with one attached hydrogen (secondary N) is 1. The highest BCUT2D eigenvalue weighted by Crippen LogP contribution is 2.18. The normalized spacial score (nSPS) is 11.9. The van der Waals surface area contributed by atoms with Crippen LogP contribution in [0.1, 0.15) is 53.9 Å². The van der Waals surface area contributed by atoms with Crippen molar-refractivity contribution in [3.63, 3.8) is 0 Å². The van der Waals surface area contributed by atoms with Crippen LogP contribution in [-0.4, -0.2) is 24.2 Å². The SMILES string of the molecule is CCC(CC)(CC)NCC(=O)OC(C)C. The van der Waals surface area contributed by atoms with Gasteiger partial charge in [-0.25, -0.2) is 0 Å². The molecule has 15 heavy (non-hydrogen) atoms. The summed E-state index contributed by atoms with van der Waals surface area (Å²) in [6.45, 7) is 10.5. The van der Waals surface area contributed by atoms with E-state index in [4.69, 9.17) is 4.74 Å². The van der Waals surface area contributed by atoms with E-state index < -0.39 is 0 Å². The maximum absolute atomic E-state index is 11.4. The number of esters is 1. The summed E-state index contributed by atoms with van der Waals surface area (Å²) in [7, 11) is 0. The first-order valence-electron chi connectivity index (χ1n) is 5.94. The molecule has 0 spiro atoms. The third kappa shape index (κ3) is 5.17. The number of rotatable bonds is 7. The molecule has 0 rings (SSSR count). The molecule has 3 nitrogen and oxygen atoms in total. The standard InChI is InChI=1S/C12H25NO2/c1-6-12(7-2,8-3)13-9-11(14)15-10(4)5/h10,13H,6-9H2,1-5H3. The molecule has 0 aromatic carbocycles. The van der Waals surface area contributed by atoms with Gasteiger partial charge in [0.05, 0.1) is 12.6 Å². The molecule has 0 aliphatic rings. The predicted molar refractivity (Wildman–Crippen MR) is 62.8 cm³/mol. The van der Waals surface area contributed by atoms with Crippen molar-refractivity contribution in [2.24, 2.45) is 0 Å². The van der Waals surface area contributed by atoms with Gasteiger partial charge in [0.15, 0.2) is 0 Å². The monoisotopic (exact) mass is 215 g/mol. The molecule has 3 heteroatoms. The summed E-state index contributed by atoms with van der Waals surface area (Å²) >= 11 is 0. The van der Waals surface area contributed by atoms with E-state index >= 15 is 0 Å². The summed E-state index contributed by atoms with van der Waals surface area (Å²) in [5.74, 6) is -0.162. The molecule has 0 saturated carbocycles. The van der Waals surface area contributed by atoms with E-state index in [9.17, 15) is 4.79 Å². The van der Waals surface area contributed by atoms with Gasteiger partial charge in [0.25, 0.3) is 0 Å². The maximum Gasteiger partial charge on any atom is 0.320 e. The Bertz CT molecular complexity index is 178. The molecule has 90 valence electrons. The van der Waals surface area contributed by atoms with Crippen molar-refractivity contribution in [2.75, 3.05) is 6.54 Å². The van der Waals surface area contributed by atoms with E-state index in [1.165, 1.54) is 0 Å². The first-order chi connectivity index (χ1) is 6.99. The van der Waals surface area contributed by atoms with Crippen LogP contribution in [0.25, 0.3) is 0 Å². The van der Waals surface area contributed by atoms with Crippen LogP contribution in [0.4, 0.5) is 0 Å². The van der Waals surface area contributed by atoms with E-state index in [0.717, 1.165) is 19.3 Å². The molecule has 0 aliphatic heterocycles. The zero-order valence-electron chi connectivity index (χ0n) is 10.7. The van der Waals surface area contributed by atoms with Crippen molar-refractivity contribution in [2.45, 2.75) is 65.5 Å². The minimum absolute atomic E-state index is 0.0291. The second kappa shape index (κ2) is 6.83. The molecule has 0 radical (unpaired) electrons. The molecular weight excluding hydrogens is 190 g/mol. The van der Waals surface area contributed by atoms with Crippen molar-refractivity contribution in [3.8, 4) is 0 Å². The fourth-order valence-electron chi connectivity index (χ4n) is 1.69. The molecule has 0 bridgehead atoms. The van der Waals surface area contributed by atoms with E-state index in [1.54, 1.807) is 0 Å². The minimum Gasteiger partial charge on any atom is -0.462 e. The molecule has 0 atom stereocenters. The zero-order valence-corrected chi connectivity index (χ0v) is 10.7. The maximum atomic E-state index is 11.4. The summed E-state index contributed by atoms with van der Waals surface area (Å²) in [4.78, 5) is 11.4. The van der Waals surface area contributed by atoms with E-state index in [1.807, 2.05) is 13.8 Å². The summed E-state index contributed by atoms with van der Waals surface area (Å²) in [5, 5.41) is 3.31. The van der Waals surface area contributed by atoms with Crippen LogP contribution in [-0.2, 0) is 9.53 Å². The van der Waals surface area contributed by atoms with Gasteiger partial charge in [-0.05, 0) is 33.1 Å². The van der Waals surface area contributed by atoms with E-state index in [2.05, 4.69) is 26.1 Å². The average Bonchev–Trinajstić information content (AvgIpc) is 2.20. The van der Waals surface area contributed by atoms with Crippen LogP contribution >= 0.6 is 0 Å². The topological polar surface area (TPSA) is 38.3 Å². The molecule has 0 aromatic heterocycles. The molecule has 0 unspecified atom stereocenters. The fraction of sp³-hybridized carbons (Fsp3) is 0.917. The van der Waals surface area contributed by atoms with E-state index in [-0.39, 0.29) is 17.6 Å². The number of ether oxygens (including phenoxy) is 1. The highest BCUT2D eigenvalue weighted by molar-refractivity contribution is 5.71. The summed E-state index contributed by atoms with van der Waals surface area (Å²) < 4.78 is 5.08. The molecule has 0 aromatic rings. The second-order valence-electron chi connectivity index (χ2n) is 4.23. The number of hydrogen-bond donors (Lipinski definition) is 1. The Kier molecular flexibility index (Phi) is 6.57. The van der Waals surface area contributed by atoms with Gasteiger partial charge in [-0.3, -0.25) is 4.79 Å².